The van der Waals surface area contributed by atoms with E-state index in [1.54, 1.807) is 0 Å². The molecule has 47 heavy (non-hydrogen) atoms. The predicted octanol–water partition coefficient (Wildman–Crippen LogP) is 13.9. The minimum Gasteiger partial charge on any atom is -0.308 e. The van der Waals surface area contributed by atoms with Gasteiger partial charge in [0.1, 0.15) is 0 Å². The molecule has 0 aliphatic rings. The Morgan fingerprint density at radius 3 is 1.85 bits per heavy atom. The summed E-state index contributed by atoms with van der Waals surface area (Å²) in [5, 5.41) is 10.3. The third-order valence-corrected chi connectivity index (χ3v) is 11.9. The van der Waals surface area contributed by atoms with Gasteiger partial charge in [0.05, 0.1) is 16.1 Å². The fourth-order valence-corrected chi connectivity index (χ4v) is 9.77. The Kier molecular flexibility index (Phi) is 5.98. The first-order chi connectivity index (χ1) is 23.3. The number of fused-ring (bicyclic) bond motifs is 9. The van der Waals surface area contributed by atoms with Crippen LogP contribution in [0.25, 0.3) is 73.0 Å². The van der Waals surface area contributed by atoms with Crippen molar-refractivity contribution >= 4 is 102 Å². The van der Waals surface area contributed by atoms with Crippen LogP contribution in [0.2, 0.25) is 0 Å². The van der Waals surface area contributed by atoms with Gasteiger partial charge < -0.3 is 4.90 Å². The molecule has 10 aromatic rings. The highest BCUT2D eigenvalue weighted by Gasteiger charge is 2.22. The lowest BCUT2D eigenvalue weighted by Crippen LogP contribution is -2.10. The summed E-state index contributed by atoms with van der Waals surface area (Å²) in [4.78, 5) is 2.49. The number of hydrogen-bond acceptors (Lipinski definition) is 3. The third-order valence-electron chi connectivity index (χ3n) is 9.46. The Bertz CT molecular complexity index is 2800. The molecule has 0 aliphatic carbocycles. The van der Waals surface area contributed by atoms with Crippen molar-refractivity contribution in [1.29, 1.82) is 0 Å². The lowest BCUT2D eigenvalue weighted by atomic mass is 9.98. The molecule has 1 nitrogen and oxygen atoms in total. The number of rotatable bonds is 4. The van der Waals surface area contributed by atoms with E-state index in [2.05, 4.69) is 169 Å². The largest absolute Gasteiger partial charge is 0.308 e. The van der Waals surface area contributed by atoms with E-state index in [4.69, 9.17) is 0 Å². The highest BCUT2D eigenvalue weighted by atomic mass is 32.1. The van der Waals surface area contributed by atoms with Crippen LogP contribution in [0.1, 0.15) is 0 Å². The van der Waals surface area contributed by atoms with Crippen LogP contribution < -0.4 is 4.90 Å². The van der Waals surface area contributed by atoms with Gasteiger partial charge in [0.25, 0.3) is 0 Å². The summed E-state index contributed by atoms with van der Waals surface area (Å²) >= 11 is 3.78. The standard InChI is InChI=1S/C44H27NS2/c1-3-13-32-28(10-1)12-7-16-33(32)30-22-25-31(26-23-30)45(38-18-9-21-41-42(38)37-15-5-6-20-40(37)46-41)39-19-8-17-35-36-27-24-29-11-2-4-14-34(29)43(36)47-44(35)39/h1-27H. The highest BCUT2D eigenvalue weighted by molar-refractivity contribution is 7.27. The molecule has 0 N–H and O–H groups in total. The Morgan fingerprint density at radius 2 is 0.979 bits per heavy atom. The second kappa shape index (κ2) is 10.5. The molecule has 0 fully saturated rings. The van der Waals surface area contributed by atoms with E-state index in [1.165, 1.54) is 84.4 Å². The normalized spacial score (nSPS) is 11.8. The van der Waals surface area contributed by atoms with Crippen LogP contribution in [0.15, 0.2) is 164 Å². The molecule has 0 unspecified atom stereocenters. The van der Waals surface area contributed by atoms with Gasteiger partial charge in [-0.2, -0.15) is 0 Å². The molecule has 0 bridgehead atoms. The monoisotopic (exact) mass is 633 g/mol. The summed E-state index contributed by atoms with van der Waals surface area (Å²) < 4.78 is 5.26. The summed E-state index contributed by atoms with van der Waals surface area (Å²) in [5.74, 6) is 0. The van der Waals surface area contributed by atoms with Crippen molar-refractivity contribution in [3.8, 4) is 11.1 Å². The van der Waals surface area contributed by atoms with Crippen molar-refractivity contribution in [2.75, 3.05) is 4.90 Å². The van der Waals surface area contributed by atoms with Gasteiger partial charge in [-0.1, -0.05) is 127 Å². The fraction of sp³-hybridized carbons (Fsp3) is 0. The zero-order valence-corrected chi connectivity index (χ0v) is 27.0. The van der Waals surface area contributed by atoms with Crippen LogP contribution in [0.3, 0.4) is 0 Å². The van der Waals surface area contributed by atoms with Crippen LogP contribution in [0.5, 0.6) is 0 Å². The van der Waals surface area contributed by atoms with Crippen molar-refractivity contribution < 1.29 is 0 Å². The minimum atomic E-state index is 1.14. The summed E-state index contributed by atoms with van der Waals surface area (Å²) in [6.45, 7) is 0. The van der Waals surface area contributed by atoms with E-state index < -0.39 is 0 Å². The number of thiophene rings is 2. The van der Waals surface area contributed by atoms with E-state index in [0.29, 0.717) is 0 Å². The van der Waals surface area contributed by atoms with Gasteiger partial charge in [0.15, 0.2) is 0 Å². The van der Waals surface area contributed by atoms with E-state index in [1.807, 2.05) is 22.7 Å². The maximum atomic E-state index is 2.49. The van der Waals surface area contributed by atoms with Gasteiger partial charge >= 0.3 is 0 Å². The number of benzene rings is 8. The molecular formula is C44H27NS2. The Hall–Kier alpha value is -5.48. The Balaban J connectivity index is 1.24. The molecule has 0 radical (unpaired) electrons. The Morgan fingerprint density at radius 1 is 0.362 bits per heavy atom. The first-order valence-corrected chi connectivity index (χ1v) is 17.6. The average molecular weight is 634 g/mol. The summed E-state index contributed by atoms with van der Waals surface area (Å²) in [5.41, 5.74) is 6.02. The Labute approximate surface area is 280 Å². The molecule has 0 saturated heterocycles. The molecule has 0 saturated carbocycles. The summed E-state index contributed by atoms with van der Waals surface area (Å²) in [6, 6.07) is 60.1. The second-order valence-electron chi connectivity index (χ2n) is 12.1. The number of anilines is 3. The van der Waals surface area contributed by atoms with E-state index in [9.17, 15) is 0 Å². The second-order valence-corrected chi connectivity index (χ2v) is 14.2. The topological polar surface area (TPSA) is 3.24 Å². The summed E-state index contributed by atoms with van der Waals surface area (Å²) in [7, 11) is 0. The van der Waals surface area contributed by atoms with Gasteiger partial charge in [-0.05, 0) is 69.1 Å². The van der Waals surface area contributed by atoms with E-state index in [0.717, 1.165) is 5.69 Å². The van der Waals surface area contributed by atoms with Crippen molar-refractivity contribution in [2.45, 2.75) is 0 Å². The first-order valence-electron chi connectivity index (χ1n) is 15.9. The zero-order chi connectivity index (χ0) is 30.9. The molecular weight excluding hydrogens is 607 g/mol. The maximum absolute atomic E-state index is 2.49. The van der Waals surface area contributed by atoms with E-state index in [-0.39, 0.29) is 0 Å². The molecule has 2 heterocycles. The van der Waals surface area contributed by atoms with Crippen molar-refractivity contribution in [3.05, 3.63) is 164 Å². The molecule has 10 rings (SSSR count). The summed E-state index contributed by atoms with van der Waals surface area (Å²) in [6.07, 6.45) is 0. The van der Waals surface area contributed by atoms with Crippen LogP contribution in [0.4, 0.5) is 17.1 Å². The maximum Gasteiger partial charge on any atom is 0.0640 e. The van der Waals surface area contributed by atoms with Gasteiger partial charge in [0.2, 0.25) is 0 Å². The van der Waals surface area contributed by atoms with Crippen molar-refractivity contribution in [1.82, 2.24) is 0 Å². The fourth-order valence-electron chi connectivity index (χ4n) is 7.30. The molecule has 220 valence electrons. The van der Waals surface area contributed by atoms with Crippen molar-refractivity contribution in [3.63, 3.8) is 0 Å². The average Bonchev–Trinajstić information content (AvgIpc) is 3.72. The van der Waals surface area contributed by atoms with Crippen LogP contribution in [-0.2, 0) is 0 Å². The van der Waals surface area contributed by atoms with Crippen LogP contribution in [-0.4, -0.2) is 0 Å². The van der Waals surface area contributed by atoms with Crippen LogP contribution >= 0.6 is 22.7 Å². The quantitative estimate of drug-likeness (QED) is 0.186. The minimum absolute atomic E-state index is 1.14. The number of hydrogen-bond donors (Lipinski definition) is 0. The van der Waals surface area contributed by atoms with Gasteiger partial charge in [-0.25, -0.2) is 0 Å². The smallest absolute Gasteiger partial charge is 0.0640 e. The lowest BCUT2D eigenvalue weighted by Gasteiger charge is -2.27. The molecule has 2 aromatic heterocycles. The highest BCUT2D eigenvalue weighted by Crippen LogP contribution is 2.49. The molecule has 0 aliphatic heterocycles. The number of nitrogens with zero attached hydrogens (tertiary/aromatic N) is 1. The molecule has 8 aromatic carbocycles. The predicted molar refractivity (Wildman–Crippen MR) is 207 cm³/mol. The van der Waals surface area contributed by atoms with Gasteiger partial charge in [0, 0.05) is 41.3 Å². The third kappa shape index (κ3) is 4.14. The van der Waals surface area contributed by atoms with E-state index >= 15 is 0 Å². The zero-order valence-electron chi connectivity index (χ0n) is 25.4. The molecule has 3 heteroatoms. The lowest BCUT2D eigenvalue weighted by molar-refractivity contribution is 1.32. The molecule has 0 atom stereocenters. The molecule has 0 amide bonds. The van der Waals surface area contributed by atoms with Crippen LogP contribution in [0, 0.1) is 0 Å². The van der Waals surface area contributed by atoms with Gasteiger partial charge in [-0.3, -0.25) is 0 Å². The molecule has 0 spiro atoms. The van der Waals surface area contributed by atoms with Crippen molar-refractivity contribution in [2.24, 2.45) is 0 Å². The first kappa shape index (κ1) is 26.7. The SMILES string of the molecule is c1ccc2c(-c3ccc(N(c4cccc5c4sc4c6ccccc6ccc54)c4cccc5sc6ccccc6c45)cc3)cccc2c1. The van der Waals surface area contributed by atoms with Gasteiger partial charge in [-0.15, -0.1) is 22.7 Å².